The van der Waals surface area contributed by atoms with Crippen LogP contribution in [0.4, 0.5) is 5.69 Å². The standard InChI is InChI=1S/C21H13N3O4S/c25-20(16-8-11-3-1-2-4-15(11)28-16)24-14-10-29-18(17(14)21(26)27)13-7-12-5-6-22-19(12)23-9-13/h1-10H,(H,22,23)(H,24,25)(H,26,27). The molecule has 0 bridgehead atoms. The number of aromatic nitrogens is 2. The van der Waals surface area contributed by atoms with Crippen LogP contribution in [0.25, 0.3) is 32.4 Å². The number of amides is 1. The fourth-order valence-corrected chi connectivity index (χ4v) is 4.19. The summed E-state index contributed by atoms with van der Waals surface area (Å²) < 4.78 is 5.56. The molecule has 1 amide bonds. The molecule has 3 N–H and O–H groups in total. The van der Waals surface area contributed by atoms with Crippen LogP contribution in [0.1, 0.15) is 20.9 Å². The van der Waals surface area contributed by atoms with Gasteiger partial charge in [0.2, 0.25) is 0 Å². The smallest absolute Gasteiger partial charge is 0.339 e. The Morgan fingerprint density at radius 2 is 2.00 bits per heavy atom. The molecule has 0 spiro atoms. The van der Waals surface area contributed by atoms with Crippen LogP contribution in [0, 0.1) is 0 Å². The Balaban J connectivity index is 1.51. The van der Waals surface area contributed by atoms with Crippen molar-refractivity contribution in [3.8, 4) is 10.4 Å². The first-order valence-electron chi connectivity index (χ1n) is 8.68. The molecule has 5 rings (SSSR count). The number of thiophene rings is 1. The van der Waals surface area contributed by atoms with Crippen LogP contribution >= 0.6 is 11.3 Å². The number of carbonyl (C=O) groups excluding carboxylic acids is 1. The lowest BCUT2D eigenvalue weighted by molar-refractivity contribution is 0.0699. The van der Waals surface area contributed by atoms with Gasteiger partial charge < -0.3 is 19.8 Å². The van der Waals surface area contributed by atoms with Crippen molar-refractivity contribution in [2.75, 3.05) is 5.32 Å². The third kappa shape index (κ3) is 2.95. The second kappa shape index (κ2) is 6.61. The van der Waals surface area contributed by atoms with E-state index in [0.717, 1.165) is 16.4 Å². The number of carbonyl (C=O) groups is 2. The Bertz CT molecular complexity index is 1360. The number of hydrogen-bond acceptors (Lipinski definition) is 5. The molecule has 0 radical (unpaired) electrons. The largest absolute Gasteiger partial charge is 0.478 e. The summed E-state index contributed by atoms with van der Waals surface area (Å²) in [7, 11) is 0. The van der Waals surface area contributed by atoms with Gasteiger partial charge in [0.05, 0.1) is 10.6 Å². The molecular formula is C21H13N3O4S. The first-order valence-corrected chi connectivity index (χ1v) is 9.56. The second-order valence-electron chi connectivity index (χ2n) is 6.40. The highest BCUT2D eigenvalue weighted by Gasteiger charge is 2.23. The van der Waals surface area contributed by atoms with E-state index < -0.39 is 11.9 Å². The third-order valence-corrected chi connectivity index (χ3v) is 5.59. The van der Waals surface area contributed by atoms with Gasteiger partial charge in [-0.05, 0) is 24.3 Å². The number of carboxylic acids is 1. The lowest BCUT2D eigenvalue weighted by atomic mass is 10.1. The van der Waals surface area contributed by atoms with Gasteiger partial charge in [0.1, 0.15) is 16.8 Å². The Kier molecular flexibility index (Phi) is 3.92. The minimum Gasteiger partial charge on any atom is -0.478 e. The summed E-state index contributed by atoms with van der Waals surface area (Å²) in [5.74, 6) is -1.52. The number of aromatic amines is 1. The first-order chi connectivity index (χ1) is 14.1. The number of pyridine rings is 1. The molecule has 0 atom stereocenters. The van der Waals surface area contributed by atoms with Crippen molar-refractivity contribution in [3.63, 3.8) is 0 Å². The third-order valence-electron chi connectivity index (χ3n) is 4.56. The minimum absolute atomic E-state index is 0.0242. The molecule has 0 saturated carbocycles. The van der Waals surface area contributed by atoms with E-state index in [9.17, 15) is 14.7 Å². The van der Waals surface area contributed by atoms with Crippen LogP contribution in [0.3, 0.4) is 0 Å². The number of furan rings is 1. The number of rotatable bonds is 4. The predicted octanol–water partition coefficient (Wildman–Crippen LogP) is 4.99. The van der Waals surface area contributed by atoms with Crippen molar-refractivity contribution in [2.45, 2.75) is 0 Å². The van der Waals surface area contributed by atoms with Crippen molar-refractivity contribution in [3.05, 3.63) is 71.6 Å². The number of benzene rings is 1. The van der Waals surface area contributed by atoms with Crippen LogP contribution in [0.2, 0.25) is 0 Å². The van der Waals surface area contributed by atoms with Crippen molar-refractivity contribution in [1.29, 1.82) is 0 Å². The van der Waals surface area contributed by atoms with Gasteiger partial charge in [-0.15, -0.1) is 11.3 Å². The van der Waals surface area contributed by atoms with Gasteiger partial charge in [-0.3, -0.25) is 4.79 Å². The molecule has 0 saturated heterocycles. The van der Waals surface area contributed by atoms with Crippen LogP contribution in [-0.2, 0) is 0 Å². The Morgan fingerprint density at radius 1 is 1.14 bits per heavy atom. The van der Waals surface area contributed by atoms with E-state index >= 15 is 0 Å². The summed E-state index contributed by atoms with van der Waals surface area (Å²) >= 11 is 1.23. The van der Waals surface area contributed by atoms with Crippen molar-refractivity contribution in [2.24, 2.45) is 0 Å². The van der Waals surface area contributed by atoms with Gasteiger partial charge in [0, 0.05) is 34.1 Å². The van der Waals surface area contributed by atoms with E-state index in [4.69, 9.17) is 4.42 Å². The highest BCUT2D eigenvalue weighted by atomic mass is 32.1. The van der Waals surface area contributed by atoms with Gasteiger partial charge in [0.25, 0.3) is 5.91 Å². The second-order valence-corrected chi connectivity index (χ2v) is 7.28. The van der Waals surface area contributed by atoms with Gasteiger partial charge in [-0.25, -0.2) is 9.78 Å². The topological polar surface area (TPSA) is 108 Å². The zero-order chi connectivity index (χ0) is 20.0. The van der Waals surface area contributed by atoms with E-state index in [1.165, 1.54) is 11.3 Å². The van der Waals surface area contributed by atoms with Gasteiger partial charge in [0.15, 0.2) is 5.76 Å². The number of nitrogens with one attached hydrogen (secondary N) is 2. The Morgan fingerprint density at radius 3 is 2.83 bits per heavy atom. The zero-order valence-corrected chi connectivity index (χ0v) is 15.6. The fourth-order valence-electron chi connectivity index (χ4n) is 3.22. The molecule has 0 unspecified atom stereocenters. The van der Waals surface area contributed by atoms with Crippen molar-refractivity contribution >= 4 is 50.9 Å². The number of nitrogens with zero attached hydrogens (tertiary/aromatic N) is 1. The molecule has 7 nitrogen and oxygen atoms in total. The summed E-state index contributed by atoms with van der Waals surface area (Å²) in [5.41, 5.74) is 2.23. The average Bonchev–Trinajstić information content (AvgIpc) is 3.44. The lowest BCUT2D eigenvalue weighted by Gasteiger charge is -2.05. The molecular weight excluding hydrogens is 390 g/mol. The number of H-pyrrole nitrogens is 1. The first kappa shape index (κ1) is 17.2. The van der Waals surface area contributed by atoms with Crippen LogP contribution < -0.4 is 5.32 Å². The molecule has 5 aromatic rings. The number of carboxylic acid groups (broad SMARTS) is 1. The normalized spacial score (nSPS) is 11.2. The van der Waals surface area contributed by atoms with E-state index in [1.54, 1.807) is 29.9 Å². The Labute approximate surface area is 167 Å². The highest BCUT2D eigenvalue weighted by molar-refractivity contribution is 7.14. The molecule has 0 aliphatic carbocycles. The summed E-state index contributed by atoms with van der Waals surface area (Å²) in [5, 5.41) is 15.7. The van der Waals surface area contributed by atoms with Gasteiger partial charge >= 0.3 is 5.97 Å². The molecule has 1 aromatic carbocycles. The predicted molar refractivity (Wildman–Crippen MR) is 111 cm³/mol. The van der Waals surface area contributed by atoms with Crippen molar-refractivity contribution < 1.29 is 19.1 Å². The fraction of sp³-hybridized carbons (Fsp3) is 0. The zero-order valence-electron chi connectivity index (χ0n) is 14.8. The number of aromatic carboxylic acids is 1. The van der Waals surface area contributed by atoms with Crippen LogP contribution in [0.5, 0.6) is 0 Å². The van der Waals surface area contributed by atoms with Gasteiger partial charge in [-0.1, -0.05) is 18.2 Å². The SMILES string of the molecule is O=C(Nc1csc(-c2cnc3[nH]ccc3c2)c1C(=O)O)c1cc2ccccc2o1. The molecule has 8 heteroatoms. The van der Waals surface area contributed by atoms with Crippen LogP contribution in [0.15, 0.2) is 64.7 Å². The Hall–Kier alpha value is -3.91. The molecule has 142 valence electrons. The lowest BCUT2D eigenvalue weighted by Crippen LogP contribution is -2.13. The van der Waals surface area contributed by atoms with Gasteiger partial charge in [-0.2, -0.15) is 0 Å². The molecule has 0 aliphatic heterocycles. The number of hydrogen-bond donors (Lipinski definition) is 3. The maximum atomic E-state index is 12.6. The highest BCUT2D eigenvalue weighted by Crippen LogP contribution is 2.37. The van der Waals surface area contributed by atoms with Crippen LogP contribution in [-0.4, -0.2) is 27.0 Å². The van der Waals surface area contributed by atoms with E-state index in [0.29, 0.717) is 16.0 Å². The molecule has 0 aliphatic rings. The summed E-state index contributed by atoms with van der Waals surface area (Å²) in [6, 6.07) is 12.6. The number of fused-ring (bicyclic) bond motifs is 2. The molecule has 0 fully saturated rings. The van der Waals surface area contributed by atoms with E-state index in [-0.39, 0.29) is 17.0 Å². The quantitative estimate of drug-likeness (QED) is 0.392. The maximum Gasteiger partial charge on any atom is 0.339 e. The summed E-state index contributed by atoms with van der Waals surface area (Å²) in [6.45, 7) is 0. The summed E-state index contributed by atoms with van der Waals surface area (Å²) in [4.78, 5) is 32.4. The van der Waals surface area contributed by atoms with E-state index in [1.807, 2.05) is 30.3 Å². The minimum atomic E-state index is -1.13. The maximum absolute atomic E-state index is 12.6. The summed E-state index contributed by atoms with van der Waals surface area (Å²) in [6.07, 6.45) is 3.38. The van der Waals surface area contributed by atoms with E-state index in [2.05, 4.69) is 15.3 Å². The average molecular weight is 403 g/mol. The monoisotopic (exact) mass is 403 g/mol. The number of anilines is 1. The molecule has 29 heavy (non-hydrogen) atoms. The molecule has 4 heterocycles. The number of para-hydroxylation sites is 1. The van der Waals surface area contributed by atoms with Crippen molar-refractivity contribution in [1.82, 2.24) is 9.97 Å². The molecule has 4 aromatic heterocycles.